The summed E-state index contributed by atoms with van der Waals surface area (Å²) in [4.78, 5) is 0. The molecule has 3 heteroatoms. The Hall–Kier alpha value is -1.61. The fourth-order valence-corrected chi connectivity index (χ4v) is 1.87. The van der Waals surface area contributed by atoms with Gasteiger partial charge in [-0.15, -0.1) is 0 Å². The van der Waals surface area contributed by atoms with Gasteiger partial charge in [0.15, 0.2) is 0 Å². The van der Waals surface area contributed by atoms with Gasteiger partial charge in [0, 0.05) is 5.56 Å². The van der Waals surface area contributed by atoms with Crippen molar-refractivity contribution in [2.75, 3.05) is 0 Å². The van der Waals surface area contributed by atoms with Crippen LogP contribution in [0.3, 0.4) is 0 Å². The van der Waals surface area contributed by atoms with Crippen LogP contribution in [-0.4, -0.2) is 0 Å². The van der Waals surface area contributed by atoms with Crippen LogP contribution < -0.4 is 5.73 Å². The molecule has 0 saturated heterocycles. The molecule has 16 heavy (non-hydrogen) atoms. The predicted molar refractivity (Wildman–Crippen MR) is 60.6 cm³/mol. The molecule has 0 aliphatic carbocycles. The van der Waals surface area contributed by atoms with Crippen LogP contribution in [0.1, 0.15) is 28.5 Å². The predicted octanol–water partition coefficient (Wildman–Crippen LogP) is 3.08. The monoisotopic (exact) mass is 219 g/mol. The van der Waals surface area contributed by atoms with Crippen molar-refractivity contribution in [1.82, 2.24) is 0 Å². The summed E-state index contributed by atoms with van der Waals surface area (Å²) in [5, 5.41) is 0. The average Bonchev–Trinajstić information content (AvgIpc) is 2.63. The molecule has 84 valence electrons. The Balaban J connectivity index is 2.41. The molecule has 1 aromatic carbocycles. The SMILES string of the molecule is Cc1cc(F)ccc1C(N)c1ccoc1C. The van der Waals surface area contributed by atoms with Gasteiger partial charge in [0.1, 0.15) is 11.6 Å². The molecule has 0 bridgehead atoms. The Bertz CT molecular complexity index is 504. The van der Waals surface area contributed by atoms with E-state index in [4.69, 9.17) is 10.2 Å². The van der Waals surface area contributed by atoms with Gasteiger partial charge in [0.2, 0.25) is 0 Å². The number of benzene rings is 1. The first kappa shape index (κ1) is 10.9. The molecule has 0 saturated carbocycles. The van der Waals surface area contributed by atoms with Crippen LogP contribution in [-0.2, 0) is 0 Å². The minimum atomic E-state index is -0.264. The van der Waals surface area contributed by atoms with E-state index in [0.29, 0.717) is 0 Å². The maximum atomic E-state index is 13.0. The van der Waals surface area contributed by atoms with E-state index < -0.39 is 0 Å². The number of halogens is 1. The van der Waals surface area contributed by atoms with Crippen LogP contribution in [0, 0.1) is 19.7 Å². The molecule has 0 radical (unpaired) electrons. The first-order chi connectivity index (χ1) is 7.59. The van der Waals surface area contributed by atoms with Crippen molar-refractivity contribution in [2.45, 2.75) is 19.9 Å². The summed E-state index contributed by atoms with van der Waals surface area (Å²) in [6.07, 6.45) is 1.61. The highest BCUT2D eigenvalue weighted by Crippen LogP contribution is 2.26. The van der Waals surface area contributed by atoms with E-state index in [2.05, 4.69) is 0 Å². The van der Waals surface area contributed by atoms with Gasteiger partial charge in [-0.05, 0) is 43.2 Å². The van der Waals surface area contributed by atoms with E-state index in [1.807, 2.05) is 19.9 Å². The van der Waals surface area contributed by atoms with Gasteiger partial charge >= 0.3 is 0 Å². The van der Waals surface area contributed by atoms with Gasteiger partial charge in [-0.3, -0.25) is 0 Å². The number of aryl methyl sites for hydroxylation is 2. The zero-order valence-electron chi connectivity index (χ0n) is 9.33. The molecular formula is C13H14FNO. The first-order valence-corrected chi connectivity index (χ1v) is 5.15. The molecule has 0 amide bonds. The average molecular weight is 219 g/mol. The van der Waals surface area contributed by atoms with Crippen molar-refractivity contribution in [3.8, 4) is 0 Å². The maximum Gasteiger partial charge on any atom is 0.123 e. The lowest BCUT2D eigenvalue weighted by atomic mass is 9.96. The molecular weight excluding hydrogens is 205 g/mol. The molecule has 1 unspecified atom stereocenters. The number of hydrogen-bond acceptors (Lipinski definition) is 2. The summed E-state index contributed by atoms with van der Waals surface area (Å²) in [7, 11) is 0. The molecule has 1 heterocycles. The highest BCUT2D eigenvalue weighted by atomic mass is 19.1. The second kappa shape index (κ2) is 4.10. The maximum absolute atomic E-state index is 13.0. The third-order valence-corrected chi connectivity index (χ3v) is 2.80. The topological polar surface area (TPSA) is 39.2 Å². The van der Waals surface area contributed by atoms with Crippen molar-refractivity contribution in [2.24, 2.45) is 5.73 Å². The Morgan fingerprint density at radius 1 is 1.19 bits per heavy atom. The molecule has 1 atom stereocenters. The summed E-state index contributed by atoms with van der Waals surface area (Å²) in [6.45, 7) is 3.72. The lowest BCUT2D eigenvalue weighted by Gasteiger charge is -2.14. The normalized spacial score (nSPS) is 12.8. The first-order valence-electron chi connectivity index (χ1n) is 5.15. The lowest BCUT2D eigenvalue weighted by Crippen LogP contribution is -2.13. The zero-order valence-corrected chi connectivity index (χ0v) is 9.33. The fourth-order valence-electron chi connectivity index (χ4n) is 1.87. The molecule has 1 aromatic heterocycles. The fraction of sp³-hybridized carbons (Fsp3) is 0.231. The summed E-state index contributed by atoms with van der Waals surface area (Å²) in [5.41, 5.74) is 8.85. The van der Waals surface area contributed by atoms with E-state index in [9.17, 15) is 4.39 Å². The van der Waals surface area contributed by atoms with Crippen LogP contribution in [0.5, 0.6) is 0 Å². The third-order valence-electron chi connectivity index (χ3n) is 2.80. The van der Waals surface area contributed by atoms with Crippen LogP contribution in [0.2, 0.25) is 0 Å². The molecule has 0 fully saturated rings. The second-order valence-corrected chi connectivity index (χ2v) is 3.91. The quantitative estimate of drug-likeness (QED) is 0.843. The minimum Gasteiger partial charge on any atom is -0.469 e. The van der Waals surface area contributed by atoms with Crippen molar-refractivity contribution in [1.29, 1.82) is 0 Å². The molecule has 2 N–H and O–H groups in total. The largest absolute Gasteiger partial charge is 0.469 e. The zero-order chi connectivity index (χ0) is 11.7. The molecule has 2 rings (SSSR count). The van der Waals surface area contributed by atoms with Crippen LogP contribution >= 0.6 is 0 Å². The summed E-state index contributed by atoms with van der Waals surface area (Å²) in [6, 6.07) is 6.23. The van der Waals surface area contributed by atoms with Crippen LogP contribution in [0.4, 0.5) is 4.39 Å². The minimum absolute atomic E-state index is 0.239. The standard InChI is InChI=1S/C13H14FNO/c1-8-7-10(14)3-4-11(8)13(15)12-5-6-16-9(12)2/h3-7,13H,15H2,1-2H3. The summed E-state index contributed by atoms with van der Waals surface area (Å²) >= 11 is 0. The third kappa shape index (κ3) is 1.86. The van der Waals surface area contributed by atoms with Crippen LogP contribution in [0.25, 0.3) is 0 Å². The van der Waals surface area contributed by atoms with Crippen molar-refractivity contribution < 1.29 is 8.81 Å². The van der Waals surface area contributed by atoms with E-state index in [0.717, 1.165) is 22.5 Å². The van der Waals surface area contributed by atoms with Crippen LogP contribution in [0.15, 0.2) is 34.9 Å². The molecule has 2 aromatic rings. The Kier molecular flexibility index (Phi) is 2.79. The van der Waals surface area contributed by atoms with Gasteiger partial charge in [-0.1, -0.05) is 6.07 Å². The number of rotatable bonds is 2. The van der Waals surface area contributed by atoms with Gasteiger partial charge in [0.05, 0.1) is 12.3 Å². The Morgan fingerprint density at radius 2 is 1.94 bits per heavy atom. The Labute approximate surface area is 93.9 Å². The molecule has 2 nitrogen and oxygen atoms in total. The summed E-state index contributed by atoms with van der Waals surface area (Å²) in [5.74, 6) is 0.564. The smallest absolute Gasteiger partial charge is 0.123 e. The van der Waals surface area contributed by atoms with Gasteiger partial charge < -0.3 is 10.2 Å². The van der Waals surface area contributed by atoms with Gasteiger partial charge in [0.25, 0.3) is 0 Å². The molecule has 0 aliphatic heterocycles. The van der Waals surface area contributed by atoms with Gasteiger partial charge in [-0.25, -0.2) is 4.39 Å². The second-order valence-electron chi connectivity index (χ2n) is 3.91. The highest BCUT2D eigenvalue weighted by Gasteiger charge is 2.15. The van der Waals surface area contributed by atoms with E-state index in [1.54, 1.807) is 12.3 Å². The Morgan fingerprint density at radius 3 is 2.50 bits per heavy atom. The van der Waals surface area contributed by atoms with E-state index in [1.165, 1.54) is 12.1 Å². The molecule has 0 spiro atoms. The number of furan rings is 1. The molecule has 0 aliphatic rings. The van der Waals surface area contributed by atoms with Crippen molar-refractivity contribution >= 4 is 0 Å². The number of hydrogen-bond donors (Lipinski definition) is 1. The summed E-state index contributed by atoms with van der Waals surface area (Å²) < 4.78 is 18.2. The highest BCUT2D eigenvalue weighted by molar-refractivity contribution is 5.37. The number of nitrogens with two attached hydrogens (primary N) is 1. The van der Waals surface area contributed by atoms with E-state index in [-0.39, 0.29) is 11.9 Å². The van der Waals surface area contributed by atoms with Crippen molar-refractivity contribution in [3.05, 3.63) is 58.8 Å². The van der Waals surface area contributed by atoms with E-state index >= 15 is 0 Å². The lowest BCUT2D eigenvalue weighted by molar-refractivity contribution is 0.527. The van der Waals surface area contributed by atoms with Gasteiger partial charge in [-0.2, -0.15) is 0 Å². The van der Waals surface area contributed by atoms with Crippen molar-refractivity contribution in [3.63, 3.8) is 0 Å².